The van der Waals surface area contributed by atoms with Crippen molar-refractivity contribution in [1.82, 2.24) is 20.0 Å². The Morgan fingerprint density at radius 3 is 2.44 bits per heavy atom. The van der Waals surface area contributed by atoms with E-state index in [0.29, 0.717) is 68.7 Å². The maximum Gasteiger partial charge on any atom is 0.255 e. The summed E-state index contributed by atoms with van der Waals surface area (Å²) in [5.41, 5.74) is 9.01. The van der Waals surface area contributed by atoms with Gasteiger partial charge < -0.3 is 29.4 Å². The molecule has 4 saturated heterocycles. The van der Waals surface area contributed by atoms with Crippen LogP contribution in [0.1, 0.15) is 69.3 Å². The second-order valence-electron chi connectivity index (χ2n) is 17.9. The molecular weight excluding hydrogens is 745 g/mol. The molecule has 6 heterocycles. The molecule has 7 aliphatic rings. The third kappa shape index (κ3) is 6.22. The first kappa shape index (κ1) is 36.2. The molecule has 4 aromatic carbocycles. The fourth-order valence-corrected chi connectivity index (χ4v) is 11.3. The van der Waals surface area contributed by atoms with E-state index in [9.17, 15) is 24.3 Å². The van der Waals surface area contributed by atoms with Crippen molar-refractivity contribution < 1.29 is 29.0 Å². The lowest BCUT2D eigenvalue weighted by atomic mass is 9.69. The predicted molar refractivity (Wildman–Crippen MR) is 221 cm³/mol. The summed E-state index contributed by atoms with van der Waals surface area (Å²) in [5, 5.41) is 12.6. The van der Waals surface area contributed by atoms with E-state index in [0.717, 1.165) is 50.3 Å². The number of phenolic OH excluding ortho intramolecular Hbond substituents is 1. The normalized spacial score (nSPS) is 25.6. The number of rotatable bonds is 6. The van der Waals surface area contributed by atoms with Gasteiger partial charge in [0.2, 0.25) is 17.7 Å². The molecule has 0 saturated carbocycles. The number of aromatic hydroxyl groups is 1. The van der Waals surface area contributed by atoms with Crippen molar-refractivity contribution in [3.63, 3.8) is 0 Å². The minimum atomic E-state index is -0.659. The fourth-order valence-electron chi connectivity index (χ4n) is 11.3. The number of piperazine rings is 1. The summed E-state index contributed by atoms with van der Waals surface area (Å²) >= 11 is 0. The first-order chi connectivity index (χ1) is 28.7. The Hall–Kier alpha value is -5.88. The number of hydrogen-bond donors (Lipinski definition) is 2. The van der Waals surface area contributed by atoms with Gasteiger partial charge in [-0.2, -0.15) is 0 Å². The molecule has 302 valence electrons. The highest BCUT2D eigenvalue weighted by Gasteiger charge is 2.52. The molecule has 1 aliphatic carbocycles. The van der Waals surface area contributed by atoms with Crippen LogP contribution in [0.25, 0.3) is 0 Å². The van der Waals surface area contributed by atoms with Crippen LogP contribution < -0.4 is 19.9 Å². The number of likely N-dealkylation sites (tertiary alicyclic amines) is 1. The van der Waals surface area contributed by atoms with Crippen LogP contribution in [0, 0.1) is 5.41 Å². The summed E-state index contributed by atoms with van der Waals surface area (Å²) in [4.78, 5) is 61.8. The molecule has 0 bridgehead atoms. The Kier molecular flexibility index (Phi) is 8.51. The summed E-state index contributed by atoms with van der Waals surface area (Å²) in [6.07, 6.45) is 2.55. The number of benzene rings is 4. The number of piperidine rings is 1. The van der Waals surface area contributed by atoms with E-state index in [4.69, 9.17) is 4.74 Å². The second kappa shape index (κ2) is 13.9. The maximum atomic E-state index is 13.6. The van der Waals surface area contributed by atoms with Gasteiger partial charge in [0.15, 0.2) is 0 Å². The van der Waals surface area contributed by atoms with E-state index >= 15 is 0 Å². The van der Waals surface area contributed by atoms with Crippen molar-refractivity contribution in [2.45, 2.75) is 56.1 Å². The molecule has 12 heteroatoms. The van der Waals surface area contributed by atoms with Gasteiger partial charge in [0, 0.05) is 81.4 Å². The lowest BCUT2D eigenvalue weighted by molar-refractivity contribution is -0.138. The van der Waals surface area contributed by atoms with E-state index in [1.165, 1.54) is 27.9 Å². The third-order valence-electron chi connectivity index (χ3n) is 14.1. The minimum absolute atomic E-state index is 0.0152. The van der Waals surface area contributed by atoms with Gasteiger partial charge in [-0.05, 0) is 89.4 Å². The van der Waals surface area contributed by atoms with Crippen LogP contribution in [-0.2, 0) is 27.3 Å². The molecule has 1 spiro atoms. The van der Waals surface area contributed by atoms with Crippen LogP contribution in [0.4, 0.5) is 11.4 Å². The number of imide groups is 1. The van der Waals surface area contributed by atoms with E-state index in [-0.39, 0.29) is 41.5 Å². The SMILES string of the molecule is O=C1CCC(N2Cc3cc4c(cc3C2=O)OC[C@@H]2CN(C(=O)CN3CC5(C3)CN(c3ccc(C6c7ccc(O)cc7CC[C@@H]6c6ccccc6)cc3)C5)CCN42)C(=O)N1. The van der Waals surface area contributed by atoms with Crippen LogP contribution in [0.2, 0.25) is 0 Å². The molecule has 4 fully saturated rings. The maximum absolute atomic E-state index is 13.6. The van der Waals surface area contributed by atoms with Gasteiger partial charge >= 0.3 is 0 Å². The van der Waals surface area contributed by atoms with Gasteiger partial charge in [-0.25, -0.2) is 0 Å². The molecule has 0 radical (unpaired) electrons. The van der Waals surface area contributed by atoms with E-state index in [1.807, 2.05) is 23.1 Å². The number of carbonyl (C=O) groups is 4. The van der Waals surface area contributed by atoms with Crippen molar-refractivity contribution in [2.75, 3.05) is 68.8 Å². The second-order valence-corrected chi connectivity index (χ2v) is 17.9. The van der Waals surface area contributed by atoms with Crippen molar-refractivity contribution >= 4 is 35.0 Å². The summed E-state index contributed by atoms with van der Waals surface area (Å²) in [7, 11) is 0. The fraction of sp³-hybridized carbons (Fsp3) is 0.404. The zero-order chi connectivity index (χ0) is 40.0. The minimum Gasteiger partial charge on any atom is -0.508 e. The van der Waals surface area contributed by atoms with Crippen LogP contribution in [0.15, 0.2) is 84.9 Å². The third-order valence-corrected chi connectivity index (χ3v) is 14.1. The monoisotopic (exact) mass is 792 g/mol. The number of amides is 4. The van der Waals surface area contributed by atoms with Crippen LogP contribution >= 0.6 is 0 Å². The van der Waals surface area contributed by atoms with Crippen LogP contribution in [0.5, 0.6) is 11.5 Å². The van der Waals surface area contributed by atoms with Crippen molar-refractivity contribution in [2.24, 2.45) is 5.41 Å². The Labute approximate surface area is 343 Å². The number of aryl methyl sites for hydroxylation is 1. The number of phenols is 1. The number of nitrogens with one attached hydrogen (secondary N) is 1. The van der Waals surface area contributed by atoms with Gasteiger partial charge in [0.1, 0.15) is 24.1 Å². The molecule has 4 atom stereocenters. The number of ether oxygens (including phenoxy) is 1. The molecule has 4 aromatic rings. The summed E-state index contributed by atoms with van der Waals surface area (Å²) < 4.78 is 6.20. The first-order valence-corrected chi connectivity index (χ1v) is 21.1. The summed E-state index contributed by atoms with van der Waals surface area (Å²) in [6.45, 7) is 6.90. The number of hydrogen-bond acceptors (Lipinski definition) is 9. The lowest BCUT2D eigenvalue weighted by Crippen LogP contribution is -2.73. The van der Waals surface area contributed by atoms with Gasteiger partial charge in [0.05, 0.1) is 18.3 Å². The first-order valence-electron chi connectivity index (χ1n) is 21.1. The molecule has 6 aliphatic heterocycles. The molecule has 2 N–H and O–H groups in total. The molecule has 4 amide bonds. The van der Waals surface area contributed by atoms with E-state index in [2.05, 4.69) is 80.7 Å². The van der Waals surface area contributed by atoms with Crippen LogP contribution in [0.3, 0.4) is 0 Å². The Morgan fingerprint density at radius 1 is 0.831 bits per heavy atom. The van der Waals surface area contributed by atoms with E-state index < -0.39 is 11.9 Å². The van der Waals surface area contributed by atoms with Gasteiger partial charge in [0.25, 0.3) is 5.91 Å². The lowest BCUT2D eigenvalue weighted by Gasteiger charge is -2.61. The van der Waals surface area contributed by atoms with Crippen LogP contribution in [-0.4, -0.2) is 114 Å². The standard InChI is InChI=1S/C47H48N6O6/c54-35-11-13-37-31(18-35)8-12-36(29-4-2-1-3-5-29)44(37)30-6-9-33(10-7-30)51-27-47(28-51)25-49(26-47)23-43(56)50-16-17-52-34(22-50)24-59-41-20-38-32(19-40(41)52)21-53(46(38)58)39-14-15-42(55)48-45(39)57/h1-7,9-11,13,18-20,34,36,39,44,54H,8,12,14-17,21-28H2,(H,48,55,57)/t34-,36+,39?,44?/m0/s1. The smallest absolute Gasteiger partial charge is 0.255 e. The number of anilines is 2. The largest absolute Gasteiger partial charge is 0.508 e. The van der Waals surface area contributed by atoms with Crippen molar-refractivity contribution in [3.8, 4) is 11.5 Å². The zero-order valence-corrected chi connectivity index (χ0v) is 33.0. The number of carbonyl (C=O) groups excluding carboxylic acids is 4. The number of nitrogens with zero attached hydrogens (tertiary/aromatic N) is 5. The van der Waals surface area contributed by atoms with Gasteiger partial charge in [-0.3, -0.25) is 29.4 Å². The van der Waals surface area contributed by atoms with E-state index in [1.54, 1.807) is 11.0 Å². The molecule has 59 heavy (non-hydrogen) atoms. The van der Waals surface area contributed by atoms with Gasteiger partial charge in [-0.15, -0.1) is 0 Å². The van der Waals surface area contributed by atoms with Gasteiger partial charge in [-0.1, -0.05) is 48.5 Å². The highest BCUT2D eigenvalue weighted by molar-refractivity contribution is 6.06. The molecule has 0 aromatic heterocycles. The Bertz CT molecular complexity index is 2370. The molecule has 2 unspecified atom stereocenters. The number of fused-ring (bicyclic) bond motifs is 5. The molecular formula is C47H48N6O6. The average molecular weight is 793 g/mol. The Morgan fingerprint density at radius 2 is 1.64 bits per heavy atom. The van der Waals surface area contributed by atoms with Crippen molar-refractivity contribution in [1.29, 1.82) is 0 Å². The quantitative estimate of drug-likeness (QED) is 0.276. The summed E-state index contributed by atoms with van der Waals surface area (Å²) in [6, 6.07) is 29.0. The topological polar surface area (TPSA) is 126 Å². The highest BCUT2D eigenvalue weighted by atomic mass is 16.5. The molecule has 12 nitrogen and oxygen atoms in total. The average Bonchev–Trinajstić information content (AvgIpc) is 3.54. The van der Waals surface area contributed by atoms with Crippen molar-refractivity contribution in [3.05, 3.63) is 118 Å². The molecule has 11 rings (SSSR count). The highest BCUT2D eigenvalue weighted by Crippen LogP contribution is 2.48. The zero-order valence-electron chi connectivity index (χ0n) is 33.0. The Balaban J connectivity index is 0.686. The predicted octanol–water partition coefficient (Wildman–Crippen LogP) is 4.25. The summed E-state index contributed by atoms with van der Waals surface area (Å²) in [5.74, 6) is 0.820.